The smallest absolute Gasteiger partial charge is 0.269 e. The summed E-state index contributed by atoms with van der Waals surface area (Å²) in [5.41, 5.74) is 5.38. The second-order valence-electron chi connectivity index (χ2n) is 6.80. The van der Waals surface area contributed by atoms with Gasteiger partial charge in [-0.1, -0.05) is 19.1 Å². The van der Waals surface area contributed by atoms with Crippen molar-refractivity contribution >= 4 is 27.7 Å². The number of hydrazine groups is 1. The molecule has 0 unspecified atom stereocenters. The van der Waals surface area contributed by atoms with Crippen molar-refractivity contribution in [1.82, 2.24) is 15.6 Å². The highest BCUT2D eigenvalue weighted by molar-refractivity contribution is 7.90. The number of nitrogens with one attached hydrogen (secondary N) is 3. The lowest BCUT2D eigenvalue weighted by atomic mass is 10.2. The number of amides is 2. The largest absolute Gasteiger partial charge is 0.493 e. The van der Waals surface area contributed by atoms with Crippen LogP contribution in [0.2, 0.25) is 0 Å². The number of hydrogen-bond acceptors (Lipinski definition) is 7. The van der Waals surface area contributed by atoms with Crippen molar-refractivity contribution in [2.75, 3.05) is 20.3 Å². The monoisotopic (exact) mass is 460 g/mol. The summed E-state index contributed by atoms with van der Waals surface area (Å²) in [6.45, 7) is 2.54. The Morgan fingerprint density at radius 1 is 1.09 bits per heavy atom. The minimum absolute atomic E-state index is 0.0329. The number of hydrogen-bond donors (Lipinski definition) is 3. The number of carbonyl (C=O) groups excluding carboxylic acids is 2. The van der Waals surface area contributed by atoms with Crippen LogP contribution in [0, 0.1) is 0 Å². The van der Waals surface area contributed by atoms with Gasteiger partial charge < -0.3 is 9.47 Å². The fourth-order valence-corrected chi connectivity index (χ4v) is 4.17. The maximum absolute atomic E-state index is 12.3. The lowest BCUT2D eigenvalue weighted by Crippen LogP contribution is -2.41. The zero-order valence-corrected chi connectivity index (χ0v) is 18.5. The zero-order chi connectivity index (χ0) is 23.1. The van der Waals surface area contributed by atoms with E-state index in [1.165, 1.54) is 19.2 Å². The summed E-state index contributed by atoms with van der Waals surface area (Å²) in [6, 6.07) is 11.2. The quantitative estimate of drug-likeness (QED) is 0.509. The maximum Gasteiger partial charge on any atom is 0.269 e. The summed E-state index contributed by atoms with van der Waals surface area (Å²) in [6.07, 6.45) is 0.780. The molecule has 2 aromatic rings. The van der Waals surface area contributed by atoms with Gasteiger partial charge in [0.15, 0.2) is 11.5 Å². The Balaban J connectivity index is 1.52. The molecule has 32 heavy (non-hydrogen) atoms. The predicted octanol–water partition coefficient (Wildman–Crippen LogP) is 1.37. The molecular weight excluding hydrogens is 436 g/mol. The summed E-state index contributed by atoms with van der Waals surface area (Å²) >= 11 is 0. The molecule has 0 bridgehead atoms. The van der Waals surface area contributed by atoms with E-state index in [-0.39, 0.29) is 29.3 Å². The molecule has 1 heterocycles. The summed E-state index contributed by atoms with van der Waals surface area (Å²) in [7, 11) is -2.16. The normalized spacial score (nSPS) is 14.9. The molecule has 2 aromatic carbocycles. The van der Waals surface area contributed by atoms with Gasteiger partial charge in [0.1, 0.15) is 5.84 Å². The molecule has 0 spiro atoms. The number of rotatable bonds is 8. The maximum atomic E-state index is 12.3. The van der Waals surface area contributed by atoms with Crippen LogP contribution < -0.4 is 25.0 Å². The van der Waals surface area contributed by atoms with E-state index < -0.39 is 21.8 Å². The molecule has 0 fully saturated rings. The van der Waals surface area contributed by atoms with Crippen LogP contribution in [0.1, 0.15) is 35.7 Å². The van der Waals surface area contributed by atoms with Crippen LogP contribution in [-0.4, -0.2) is 46.3 Å². The lowest BCUT2D eigenvalue weighted by molar-refractivity contribution is -0.121. The highest BCUT2D eigenvalue weighted by atomic mass is 32.2. The molecule has 1 aliphatic heterocycles. The first kappa shape index (κ1) is 23.1. The summed E-state index contributed by atoms with van der Waals surface area (Å²) < 4.78 is 37.3. The summed E-state index contributed by atoms with van der Waals surface area (Å²) in [5, 5.41) is 0. The molecule has 170 valence electrons. The molecule has 11 heteroatoms. The van der Waals surface area contributed by atoms with E-state index in [1.807, 2.05) is 6.92 Å². The standard InChI is InChI=1S/C21H24N4O6S/c1-3-12-31-16-9-8-14(13-17(16)30-2)21(27)24-23-19(26)10-11-22-20-15-6-4-5-7-18(15)32(28,29)25-20/h4-9,13H,3,10-12H2,1-2H3,(H,22,25)(H,23,26)(H,24,27). The van der Waals surface area contributed by atoms with E-state index >= 15 is 0 Å². The van der Waals surface area contributed by atoms with Crippen LogP contribution >= 0.6 is 0 Å². The van der Waals surface area contributed by atoms with Crippen LogP contribution in [0.3, 0.4) is 0 Å². The Kier molecular flexibility index (Phi) is 7.31. The molecule has 10 nitrogen and oxygen atoms in total. The first-order chi connectivity index (χ1) is 15.4. The van der Waals surface area contributed by atoms with Crippen LogP contribution in [0.25, 0.3) is 0 Å². The van der Waals surface area contributed by atoms with Crippen LogP contribution in [0.4, 0.5) is 0 Å². The van der Waals surface area contributed by atoms with Crippen molar-refractivity contribution in [2.24, 2.45) is 4.99 Å². The molecule has 0 radical (unpaired) electrons. The topological polar surface area (TPSA) is 135 Å². The zero-order valence-electron chi connectivity index (χ0n) is 17.7. The van der Waals surface area contributed by atoms with Gasteiger partial charge in [0.2, 0.25) is 5.91 Å². The number of sulfonamides is 1. The van der Waals surface area contributed by atoms with Gasteiger partial charge in [-0.2, -0.15) is 0 Å². The molecule has 2 amide bonds. The first-order valence-electron chi connectivity index (χ1n) is 9.92. The van der Waals surface area contributed by atoms with E-state index in [9.17, 15) is 18.0 Å². The van der Waals surface area contributed by atoms with Gasteiger partial charge in [-0.3, -0.25) is 30.2 Å². The number of aliphatic imine (C=N–C) groups is 1. The Morgan fingerprint density at radius 3 is 2.62 bits per heavy atom. The van der Waals surface area contributed by atoms with Gasteiger partial charge in [-0.15, -0.1) is 0 Å². The molecule has 0 atom stereocenters. The second kappa shape index (κ2) is 10.1. The number of fused-ring (bicyclic) bond motifs is 1. The highest BCUT2D eigenvalue weighted by Gasteiger charge is 2.29. The van der Waals surface area contributed by atoms with Crippen LogP contribution in [-0.2, 0) is 14.8 Å². The third kappa shape index (κ3) is 5.35. The van der Waals surface area contributed by atoms with Crippen molar-refractivity contribution < 1.29 is 27.5 Å². The Morgan fingerprint density at radius 2 is 1.88 bits per heavy atom. The van der Waals surface area contributed by atoms with Crippen molar-refractivity contribution in [2.45, 2.75) is 24.7 Å². The third-order valence-electron chi connectivity index (χ3n) is 4.47. The molecule has 3 rings (SSSR count). The second-order valence-corrected chi connectivity index (χ2v) is 8.45. The first-order valence-corrected chi connectivity index (χ1v) is 11.4. The third-order valence-corrected chi connectivity index (χ3v) is 5.87. The SMILES string of the molecule is CCCOc1ccc(C(=O)NNC(=O)CCN=C2NS(=O)(=O)c3ccccc32)cc1OC. The van der Waals surface area contributed by atoms with Crippen molar-refractivity contribution in [1.29, 1.82) is 0 Å². The Labute approximate surface area is 186 Å². The molecule has 0 aliphatic carbocycles. The van der Waals surface area contributed by atoms with E-state index in [2.05, 4.69) is 20.6 Å². The van der Waals surface area contributed by atoms with Crippen molar-refractivity contribution in [3.63, 3.8) is 0 Å². The lowest BCUT2D eigenvalue weighted by Gasteiger charge is -2.12. The molecular formula is C21H24N4O6S. The van der Waals surface area contributed by atoms with E-state index in [0.717, 1.165) is 6.42 Å². The number of amidine groups is 1. The number of ether oxygens (including phenoxy) is 2. The molecule has 0 saturated carbocycles. The molecule has 1 aliphatic rings. The number of benzene rings is 2. The minimum Gasteiger partial charge on any atom is -0.493 e. The molecule has 3 N–H and O–H groups in total. The molecule has 0 aromatic heterocycles. The Hall–Kier alpha value is -3.60. The van der Waals surface area contributed by atoms with Gasteiger partial charge in [0, 0.05) is 17.5 Å². The fraction of sp³-hybridized carbons (Fsp3) is 0.286. The number of nitrogens with zero attached hydrogens (tertiary/aromatic N) is 1. The van der Waals surface area contributed by atoms with Gasteiger partial charge in [-0.05, 0) is 36.8 Å². The van der Waals surface area contributed by atoms with Gasteiger partial charge in [0.05, 0.1) is 25.2 Å². The van der Waals surface area contributed by atoms with Crippen molar-refractivity contribution in [3.05, 3.63) is 53.6 Å². The average molecular weight is 461 g/mol. The number of methoxy groups -OCH3 is 1. The Bertz CT molecular complexity index is 1150. The predicted molar refractivity (Wildman–Crippen MR) is 117 cm³/mol. The van der Waals surface area contributed by atoms with E-state index in [4.69, 9.17) is 9.47 Å². The van der Waals surface area contributed by atoms with Gasteiger partial charge >= 0.3 is 0 Å². The highest BCUT2D eigenvalue weighted by Crippen LogP contribution is 2.28. The van der Waals surface area contributed by atoms with Crippen LogP contribution in [0.15, 0.2) is 52.4 Å². The van der Waals surface area contributed by atoms with Crippen molar-refractivity contribution in [3.8, 4) is 11.5 Å². The summed E-state index contributed by atoms with van der Waals surface area (Å²) in [4.78, 5) is 28.7. The fourth-order valence-electron chi connectivity index (χ4n) is 2.92. The van der Waals surface area contributed by atoms with Gasteiger partial charge in [0.25, 0.3) is 15.9 Å². The number of carbonyl (C=O) groups is 2. The van der Waals surface area contributed by atoms with Gasteiger partial charge in [-0.25, -0.2) is 8.42 Å². The summed E-state index contributed by atoms with van der Waals surface area (Å²) in [5.74, 6) is 0.120. The molecule has 0 saturated heterocycles. The minimum atomic E-state index is -3.63. The van der Waals surface area contributed by atoms with E-state index in [0.29, 0.717) is 23.7 Å². The van der Waals surface area contributed by atoms with Crippen LogP contribution in [0.5, 0.6) is 11.5 Å². The average Bonchev–Trinajstić information content (AvgIpc) is 3.06. The van der Waals surface area contributed by atoms with E-state index in [1.54, 1.807) is 30.3 Å².